The molecule has 0 bridgehead atoms. The van der Waals surface area contributed by atoms with Crippen molar-refractivity contribution < 1.29 is 13.5 Å². The van der Waals surface area contributed by atoms with Crippen LogP contribution in [0.2, 0.25) is 0 Å². The molecule has 0 heterocycles. The Morgan fingerprint density at radius 1 is 1.28 bits per heavy atom. The maximum Gasteiger partial charge on any atom is 0.256 e. The number of rotatable bonds is 7. The van der Waals surface area contributed by atoms with Crippen molar-refractivity contribution in [3.05, 3.63) is 29.8 Å². The van der Waals surface area contributed by atoms with E-state index in [0.29, 0.717) is 19.4 Å². The first-order valence-corrected chi connectivity index (χ1v) is 6.18. The zero-order chi connectivity index (χ0) is 13.6. The second kappa shape index (κ2) is 6.69. The van der Waals surface area contributed by atoms with E-state index in [9.17, 15) is 8.78 Å². The zero-order valence-corrected chi connectivity index (χ0v) is 11.2. The number of ether oxygens (including phenoxy) is 1. The lowest BCUT2D eigenvalue weighted by Gasteiger charge is -2.29. The standard InChI is InChI=1S/C14H21F2NO/c1-4-17-14(2,13(15)16)10-9-11-5-7-12(18-3)8-6-11/h5-8,13,17H,4,9-10H2,1-3H3. The van der Waals surface area contributed by atoms with Crippen LogP contribution in [0, 0.1) is 0 Å². The molecule has 4 heteroatoms. The Labute approximate surface area is 107 Å². The molecule has 0 fully saturated rings. The molecule has 0 aliphatic heterocycles. The van der Waals surface area contributed by atoms with Gasteiger partial charge in [0.1, 0.15) is 5.75 Å². The Kier molecular flexibility index (Phi) is 5.54. The summed E-state index contributed by atoms with van der Waals surface area (Å²) in [7, 11) is 1.61. The maximum absolute atomic E-state index is 13.0. The second-order valence-electron chi connectivity index (χ2n) is 4.60. The fourth-order valence-electron chi connectivity index (χ4n) is 1.87. The number of hydrogen-bond donors (Lipinski definition) is 1. The molecule has 0 aliphatic rings. The molecule has 1 rings (SSSR count). The number of hydrogen-bond acceptors (Lipinski definition) is 2. The highest BCUT2D eigenvalue weighted by Crippen LogP contribution is 2.22. The number of nitrogens with one attached hydrogen (secondary N) is 1. The summed E-state index contributed by atoms with van der Waals surface area (Å²) in [5, 5.41) is 2.88. The van der Waals surface area contributed by atoms with Gasteiger partial charge in [0.25, 0.3) is 6.43 Å². The summed E-state index contributed by atoms with van der Waals surface area (Å²) in [5.74, 6) is 0.780. The van der Waals surface area contributed by atoms with Gasteiger partial charge in [0.2, 0.25) is 0 Å². The van der Waals surface area contributed by atoms with Crippen LogP contribution in [0.4, 0.5) is 8.78 Å². The second-order valence-corrected chi connectivity index (χ2v) is 4.60. The van der Waals surface area contributed by atoms with Crippen molar-refractivity contribution in [1.29, 1.82) is 0 Å². The van der Waals surface area contributed by atoms with Crippen LogP contribution in [0.1, 0.15) is 25.8 Å². The van der Waals surface area contributed by atoms with Crippen LogP contribution in [0.5, 0.6) is 5.75 Å². The van der Waals surface area contributed by atoms with Crippen molar-refractivity contribution >= 4 is 0 Å². The van der Waals surface area contributed by atoms with Crippen LogP contribution >= 0.6 is 0 Å². The zero-order valence-electron chi connectivity index (χ0n) is 11.2. The van der Waals surface area contributed by atoms with Gasteiger partial charge < -0.3 is 10.1 Å². The fraction of sp³-hybridized carbons (Fsp3) is 0.571. The van der Waals surface area contributed by atoms with Crippen LogP contribution < -0.4 is 10.1 Å². The number of halogens is 2. The molecule has 0 radical (unpaired) electrons. The van der Waals surface area contributed by atoms with E-state index >= 15 is 0 Å². The van der Waals surface area contributed by atoms with E-state index in [1.165, 1.54) is 0 Å². The topological polar surface area (TPSA) is 21.3 Å². The molecule has 0 spiro atoms. The van der Waals surface area contributed by atoms with E-state index in [2.05, 4.69) is 5.32 Å². The third kappa shape index (κ3) is 3.95. The highest BCUT2D eigenvalue weighted by molar-refractivity contribution is 5.27. The van der Waals surface area contributed by atoms with Gasteiger partial charge in [-0.3, -0.25) is 0 Å². The molecule has 1 N–H and O–H groups in total. The molecular formula is C14H21F2NO. The SMILES string of the molecule is CCNC(C)(CCc1ccc(OC)cc1)C(F)F. The first kappa shape index (κ1) is 14.9. The minimum absolute atomic E-state index is 0.408. The number of aryl methyl sites for hydroxylation is 1. The predicted molar refractivity (Wildman–Crippen MR) is 69.4 cm³/mol. The van der Waals surface area contributed by atoms with Crippen LogP contribution in [0.25, 0.3) is 0 Å². The molecule has 1 atom stereocenters. The summed E-state index contributed by atoms with van der Waals surface area (Å²) in [6.45, 7) is 3.96. The average molecular weight is 257 g/mol. The van der Waals surface area contributed by atoms with E-state index in [0.717, 1.165) is 11.3 Å². The Morgan fingerprint density at radius 2 is 1.89 bits per heavy atom. The number of alkyl halides is 2. The Balaban J connectivity index is 2.61. The lowest BCUT2D eigenvalue weighted by atomic mass is 9.93. The average Bonchev–Trinajstić information content (AvgIpc) is 2.37. The summed E-state index contributed by atoms with van der Waals surface area (Å²) in [6, 6.07) is 7.53. The van der Waals surface area contributed by atoms with Gasteiger partial charge in [0.05, 0.1) is 12.6 Å². The summed E-state index contributed by atoms with van der Waals surface area (Å²) in [6.07, 6.45) is -1.33. The maximum atomic E-state index is 13.0. The van der Waals surface area contributed by atoms with Gasteiger partial charge in [-0.05, 0) is 44.0 Å². The van der Waals surface area contributed by atoms with Crippen molar-refractivity contribution in [1.82, 2.24) is 5.32 Å². The van der Waals surface area contributed by atoms with Crippen molar-refractivity contribution in [2.45, 2.75) is 38.7 Å². The summed E-state index contributed by atoms with van der Waals surface area (Å²) in [5.41, 5.74) is -0.0742. The predicted octanol–water partition coefficient (Wildman–Crippen LogP) is 3.26. The Morgan fingerprint density at radius 3 is 2.33 bits per heavy atom. The molecule has 18 heavy (non-hydrogen) atoms. The van der Waals surface area contributed by atoms with Crippen molar-refractivity contribution in [2.24, 2.45) is 0 Å². The minimum atomic E-state index is -2.37. The van der Waals surface area contributed by atoms with E-state index < -0.39 is 12.0 Å². The van der Waals surface area contributed by atoms with Crippen molar-refractivity contribution in [3.63, 3.8) is 0 Å². The van der Waals surface area contributed by atoms with E-state index in [1.54, 1.807) is 14.0 Å². The van der Waals surface area contributed by atoms with Crippen LogP contribution in [0.3, 0.4) is 0 Å². The van der Waals surface area contributed by atoms with Gasteiger partial charge in [-0.1, -0.05) is 19.1 Å². The van der Waals surface area contributed by atoms with Crippen molar-refractivity contribution in [3.8, 4) is 5.75 Å². The summed E-state index contributed by atoms with van der Waals surface area (Å²) < 4.78 is 31.1. The first-order chi connectivity index (χ1) is 8.51. The Bertz CT molecular complexity index is 353. The van der Waals surface area contributed by atoms with Crippen LogP contribution in [-0.4, -0.2) is 25.6 Å². The molecule has 102 valence electrons. The third-order valence-corrected chi connectivity index (χ3v) is 3.15. The van der Waals surface area contributed by atoms with Gasteiger partial charge >= 0.3 is 0 Å². The number of benzene rings is 1. The van der Waals surface area contributed by atoms with Gasteiger partial charge in [-0.15, -0.1) is 0 Å². The van der Waals surface area contributed by atoms with Crippen molar-refractivity contribution in [2.75, 3.05) is 13.7 Å². The van der Waals surface area contributed by atoms with E-state index in [1.807, 2.05) is 31.2 Å². The molecule has 0 aliphatic carbocycles. The highest BCUT2D eigenvalue weighted by atomic mass is 19.3. The molecule has 0 amide bonds. The van der Waals surface area contributed by atoms with Gasteiger partial charge in [0.15, 0.2) is 0 Å². The molecule has 0 saturated carbocycles. The molecular weight excluding hydrogens is 236 g/mol. The quantitative estimate of drug-likeness (QED) is 0.809. The summed E-state index contributed by atoms with van der Waals surface area (Å²) >= 11 is 0. The lowest BCUT2D eigenvalue weighted by molar-refractivity contribution is 0.0364. The molecule has 1 unspecified atom stereocenters. The van der Waals surface area contributed by atoms with E-state index in [-0.39, 0.29) is 0 Å². The van der Waals surface area contributed by atoms with E-state index in [4.69, 9.17) is 4.74 Å². The van der Waals surface area contributed by atoms with Crippen LogP contribution in [-0.2, 0) is 6.42 Å². The normalized spacial score (nSPS) is 14.6. The van der Waals surface area contributed by atoms with Crippen LogP contribution in [0.15, 0.2) is 24.3 Å². The molecule has 1 aromatic carbocycles. The van der Waals surface area contributed by atoms with Gasteiger partial charge in [0, 0.05) is 0 Å². The Hall–Kier alpha value is -1.16. The van der Waals surface area contributed by atoms with Gasteiger partial charge in [-0.25, -0.2) is 8.78 Å². The molecule has 1 aromatic rings. The van der Waals surface area contributed by atoms with Gasteiger partial charge in [-0.2, -0.15) is 0 Å². The first-order valence-electron chi connectivity index (χ1n) is 6.18. The molecule has 0 saturated heterocycles. The minimum Gasteiger partial charge on any atom is -0.497 e. The molecule has 2 nitrogen and oxygen atoms in total. The molecule has 0 aromatic heterocycles. The number of methoxy groups -OCH3 is 1. The largest absolute Gasteiger partial charge is 0.497 e. The smallest absolute Gasteiger partial charge is 0.256 e. The highest BCUT2D eigenvalue weighted by Gasteiger charge is 2.33. The fourth-order valence-corrected chi connectivity index (χ4v) is 1.87. The third-order valence-electron chi connectivity index (χ3n) is 3.15. The lowest BCUT2D eigenvalue weighted by Crippen LogP contribution is -2.48. The monoisotopic (exact) mass is 257 g/mol. The summed E-state index contributed by atoms with van der Waals surface area (Å²) in [4.78, 5) is 0.